The van der Waals surface area contributed by atoms with Gasteiger partial charge in [-0.1, -0.05) is 25.7 Å². The van der Waals surface area contributed by atoms with E-state index < -0.39 is 11.2 Å². The number of likely N-dealkylation sites (tertiary alicyclic amines) is 1. The van der Waals surface area contributed by atoms with Gasteiger partial charge in [-0.05, 0) is 46.5 Å². The lowest BCUT2D eigenvalue weighted by atomic mass is 9.88. The van der Waals surface area contributed by atoms with E-state index in [2.05, 4.69) is 0 Å². The van der Waals surface area contributed by atoms with Crippen LogP contribution in [0.2, 0.25) is 0 Å². The van der Waals surface area contributed by atoms with E-state index in [1.54, 1.807) is 0 Å². The quantitative estimate of drug-likeness (QED) is 0.801. The Hall–Kier alpha value is -0.770. The second-order valence-electron chi connectivity index (χ2n) is 7.35. The van der Waals surface area contributed by atoms with E-state index in [-0.39, 0.29) is 12.1 Å². The van der Waals surface area contributed by atoms with Gasteiger partial charge in [0, 0.05) is 6.54 Å². The SMILES string of the molecule is CC(C)(C)OC(=O)N1CCCCC[C@H]1C1(O)CCCC1. The first-order chi connectivity index (χ1) is 9.32. The number of ether oxygens (including phenoxy) is 1. The average Bonchev–Trinajstić information content (AvgIpc) is 2.63. The van der Waals surface area contributed by atoms with Crippen LogP contribution in [-0.4, -0.2) is 39.9 Å². The molecule has 2 fully saturated rings. The molecule has 1 aliphatic carbocycles. The standard InChI is InChI=1S/C16H29NO3/c1-15(2,3)20-14(18)17-12-8-4-5-9-13(17)16(19)10-6-7-11-16/h13,19H,4-12H2,1-3H3/t13-/m0/s1. The highest BCUT2D eigenvalue weighted by Crippen LogP contribution is 2.38. The molecule has 4 heteroatoms. The van der Waals surface area contributed by atoms with Crippen molar-refractivity contribution in [1.82, 2.24) is 4.90 Å². The van der Waals surface area contributed by atoms with Gasteiger partial charge >= 0.3 is 6.09 Å². The first kappa shape index (κ1) is 15.6. The lowest BCUT2D eigenvalue weighted by molar-refractivity contribution is -0.0531. The van der Waals surface area contributed by atoms with Gasteiger partial charge < -0.3 is 14.7 Å². The van der Waals surface area contributed by atoms with Crippen LogP contribution in [-0.2, 0) is 4.74 Å². The summed E-state index contributed by atoms with van der Waals surface area (Å²) in [6.07, 6.45) is 7.63. The Morgan fingerprint density at radius 3 is 2.40 bits per heavy atom. The number of amides is 1. The minimum Gasteiger partial charge on any atom is -0.444 e. The van der Waals surface area contributed by atoms with Crippen LogP contribution in [0, 0.1) is 0 Å². The van der Waals surface area contributed by atoms with Crippen LogP contribution in [0.15, 0.2) is 0 Å². The minimum atomic E-state index is -0.693. The Balaban J connectivity index is 2.14. The summed E-state index contributed by atoms with van der Waals surface area (Å²) in [5.41, 5.74) is -1.17. The van der Waals surface area contributed by atoms with Crippen molar-refractivity contribution in [2.24, 2.45) is 0 Å². The molecule has 0 unspecified atom stereocenters. The second-order valence-corrected chi connectivity index (χ2v) is 7.35. The smallest absolute Gasteiger partial charge is 0.410 e. The monoisotopic (exact) mass is 283 g/mol. The van der Waals surface area contributed by atoms with E-state index in [0.29, 0.717) is 6.54 Å². The van der Waals surface area contributed by atoms with Crippen molar-refractivity contribution in [2.75, 3.05) is 6.54 Å². The van der Waals surface area contributed by atoms with Gasteiger partial charge in [0.25, 0.3) is 0 Å². The highest BCUT2D eigenvalue weighted by molar-refractivity contribution is 5.68. The Labute approximate surface area is 122 Å². The minimum absolute atomic E-state index is 0.0673. The van der Waals surface area contributed by atoms with Crippen LogP contribution in [0.3, 0.4) is 0 Å². The van der Waals surface area contributed by atoms with Gasteiger partial charge in [0.15, 0.2) is 0 Å². The molecule has 1 atom stereocenters. The number of hydrogen-bond acceptors (Lipinski definition) is 3. The molecule has 1 N–H and O–H groups in total. The fourth-order valence-corrected chi connectivity index (χ4v) is 3.53. The van der Waals surface area contributed by atoms with Crippen LogP contribution >= 0.6 is 0 Å². The molecule has 1 aliphatic heterocycles. The van der Waals surface area contributed by atoms with Crippen molar-refractivity contribution in [3.63, 3.8) is 0 Å². The van der Waals surface area contributed by atoms with Crippen molar-refractivity contribution in [3.05, 3.63) is 0 Å². The third kappa shape index (κ3) is 3.66. The summed E-state index contributed by atoms with van der Waals surface area (Å²) in [7, 11) is 0. The molecule has 0 aromatic heterocycles. The molecule has 1 saturated carbocycles. The average molecular weight is 283 g/mol. The summed E-state index contributed by atoms with van der Waals surface area (Å²) in [6.45, 7) is 6.38. The van der Waals surface area contributed by atoms with E-state index >= 15 is 0 Å². The number of carbonyl (C=O) groups excluding carboxylic acids is 1. The van der Waals surface area contributed by atoms with Crippen molar-refractivity contribution < 1.29 is 14.6 Å². The molecule has 1 saturated heterocycles. The maximum atomic E-state index is 12.5. The summed E-state index contributed by atoms with van der Waals surface area (Å²) in [6, 6.07) is -0.0673. The number of aliphatic hydroxyl groups is 1. The van der Waals surface area contributed by atoms with Crippen LogP contribution in [0.5, 0.6) is 0 Å². The lowest BCUT2D eigenvalue weighted by Crippen LogP contribution is -2.54. The number of nitrogens with zero attached hydrogens (tertiary/aromatic N) is 1. The predicted octanol–water partition coefficient (Wildman–Crippen LogP) is 3.47. The molecule has 2 rings (SSSR count). The molecule has 0 bridgehead atoms. The van der Waals surface area contributed by atoms with Gasteiger partial charge in [-0.15, -0.1) is 0 Å². The molecule has 0 spiro atoms. The molecule has 4 nitrogen and oxygen atoms in total. The van der Waals surface area contributed by atoms with Crippen molar-refractivity contribution in [2.45, 2.75) is 89.4 Å². The number of hydrogen-bond donors (Lipinski definition) is 1. The van der Waals surface area contributed by atoms with Crippen LogP contribution < -0.4 is 0 Å². The maximum Gasteiger partial charge on any atom is 0.410 e. The highest BCUT2D eigenvalue weighted by Gasteiger charge is 2.45. The molecular formula is C16H29NO3. The lowest BCUT2D eigenvalue weighted by Gasteiger charge is -2.40. The normalized spacial score (nSPS) is 27.2. The fourth-order valence-electron chi connectivity index (χ4n) is 3.53. The zero-order valence-corrected chi connectivity index (χ0v) is 13.2. The van der Waals surface area contributed by atoms with Crippen molar-refractivity contribution in [3.8, 4) is 0 Å². The van der Waals surface area contributed by atoms with E-state index in [1.807, 2.05) is 25.7 Å². The summed E-state index contributed by atoms with van der Waals surface area (Å²) >= 11 is 0. The topological polar surface area (TPSA) is 49.8 Å². The molecule has 0 aromatic rings. The first-order valence-corrected chi connectivity index (χ1v) is 8.04. The van der Waals surface area contributed by atoms with Gasteiger partial charge in [0.05, 0.1) is 11.6 Å². The Morgan fingerprint density at radius 2 is 1.80 bits per heavy atom. The molecule has 2 aliphatic rings. The van der Waals surface area contributed by atoms with Gasteiger partial charge in [0.2, 0.25) is 0 Å². The van der Waals surface area contributed by atoms with Crippen molar-refractivity contribution >= 4 is 6.09 Å². The zero-order chi connectivity index (χ0) is 14.8. The van der Waals surface area contributed by atoms with Crippen molar-refractivity contribution in [1.29, 1.82) is 0 Å². The second kappa shape index (κ2) is 5.92. The predicted molar refractivity (Wildman–Crippen MR) is 78.6 cm³/mol. The van der Waals surface area contributed by atoms with Gasteiger partial charge in [0.1, 0.15) is 5.60 Å². The van der Waals surface area contributed by atoms with E-state index in [4.69, 9.17) is 4.74 Å². The highest BCUT2D eigenvalue weighted by atomic mass is 16.6. The van der Waals surface area contributed by atoms with E-state index in [0.717, 1.165) is 51.4 Å². The van der Waals surface area contributed by atoms with Gasteiger partial charge in [-0.3, -0.25) is 0 Å². The van der Waals surface area contributed by atoms with Crippen LogP contribution in [0.4, 0.5) is 4.79 Å². The summed E-state index contributed by atoms with van der Waals surface area (Å²) in [5.74, 6) is 0. The first-order valence-electron chi connectivity index (χ1n) is 8.04. The van der Waals surface area contributed by atoms with Gasteiger partial charge in [-0.2, -0.15) is 0 Å². The Kier molecular flexibility index (Phi) is 4.62. The van der Waals surface area contributed by atoms with Gasteiger partial charge in [-0.25, -0.2) is 4.79 Å². The molecule has 0 aromatic carbocycles. The molecule has 0 radical (unpaired) electrons. The molecule has 1 amide bonds. The molecule has 20 heavy (non-hydrogen) atoms. The number of carbonyl (C=O) groups is 1. The summed E-state index contributed by atoms with van der Waals surface area (Å²) in [5, 5.41) is 10.9. The maximum absolute atomic E-state index is 12.5. The van der Waals surface area contributed by atoms with Crippen LogP contribution in [0.25, 0.3) is 0 Å². The third-order valence-corrected chi connectivity index (χ3v) is 4.47. The summed E-state index contributed by atoms with van der Waals surface area (Å²) < 4.78 is 5.54. The summed E-state index contributed by atoms with van der Waals surface area (Å²) in [4.78, 5) is 14.3. The fraction of sp³-hybridized carbons (Fsp3) is 0.938. The number of rotatable bonds is 1. The largest absolute Gasteiger partial charge is 0.444 e. The van der Waals surface area contributed by atoms with Crippen LogP contribution in [0.1, 0.15) is 72.1 Å². The zero-order valence-electron chi connectivity index (χ0n) is 13.2. The molecule has 1 heterocycles. The Morgan fingerprint density at radius 1 is 1.15 bits per heavy atom. The third-order valence-electron chi connectivity index (χ3n) is 4.47. The molecule has 116 valence electrons. The van der Waals surface area contributed by atoms with E-state index in [9.17, 15) is 9.90 Å². The molecular weight excluding hydrogens is 254 g/mol. The Bertz CT molecular complexity index is 342. The van der Waals surface area contributed by atoms with E-state index in [1.165, 1.54) is 0 Å².